The summed E-state index contributed by atoms with van der Waals surface area (Å²) in [5.74, 6) is 0.714. The summed E-state index contributed by atoms with van der Waals surface area (Å²) in [7, 11) is 0. The Kier molecular flexibility index (Phi) is 3.26. The number of hydrogen-bond donors (Lipinski definition) is 1. The van der Waals surface area contributed by atoms with Crippen LogP contribution < -0.4 is 5.32 Å². The third-order valence-electron chi connectivity index (χ3n) is 2.18. The van der Waals surface area contributed by atoms with E-state index in [9.17, 15) is 0 Å². The van der Waals surface area contributed by atoms with Crippen molar-refractivity contribution >= 4 is 5.82 Å². The lowest BCUT2D eigenvalue weighted by Gasteiger charge is -2.04. The van der Waals surface area contributed by atoms with E-state index in [-0.39, 0.29) is 0 Å². The maximum Gasteiger partial charge on any atom is 0.126 e. The smallest absolute Gasteiger partial charge is 0.126 e. The fraction of sp³-hybridized carbons (Fsp3) is 0.167. The molecular formula is C12H11N5. The largest absolute Gasteiger partial charge is 0.364 e. The minimum absolute atomic E-state index is 0.547. The summed E-state index contributed by atoms with van der Waals surface area (Å²) in [6.07, 6.45) is 4.98. The molecule has 0 aliphatic rings. The van der Waals surface area contributed by atoms with Gasteiger partial charge in [0, 0.05) is 12.4 Å². The third-order valence-corrected chi connectivity index (χ3v) is 2.18. The van der Waals surface area contributed by atoms with Crippen LogP contribution in [0.3, 0.4) is 0 Å². The molecule has 0 amide bonds. The fourth-order valence-electron chi connectivity index (χ4n) is 1.26. The number of anilines is 1. The Morgan fingerprint density at radius 2 is 2.06 bits per heavy atom. The quantitative estimate of drug-likeness (QED) is 0.859. The van der Waals surface area contributed by atoms with Crippen LogP contribution in [0.25, 0.3) is 0 Å². The first-order valence-electron chi connectivity index (χ1n) is 5.15. The van der Waals surface area contributed by atoms with E-state index in [4.69, 9.17) is 5.26 Å². The zero-order valence-electron chi connectivity index (χ0n) is 9.38. The highest BCUT2D eigenvalue weighted by molar-refractivity contribution is 5.39. The summed E-state index contributed by atoms with van der Waals surface area (Å²) in [4.78, 5) is 12.5. The first-order valence-corrected chi connectivity index (χ1v) is 5.15. The van der Waals surface area contributed by atoms with Crippen LogP contribution in [0, 0.1) is 18.3 Å². The zero-order valence-corrected chi connectivity index (χ0v) is 9.38. The molecule has 0 saturated heterocycles. The molecule has 1 N–H and O–H groups in total. The molecule has 0 saturated carbocycles. The Bertz CT molecular complexity index is 524. The van der Waals surface area contributed by atoms with E-state index in [1.54, 1.807) is 24.5 Å². The van der Waals surface area contributed by atoms with Crippen molar-refractivity contribution in [2.45, 2.75) is 13.5 Å². The minimum atomic E-state index is 0.547. The minimum Gasteiger partial charge on any atom is -0.364 e. The predicted octanol–water partition coefficient (Wildman–Crippen LogP) is 1.66. The van der Waals surface area contributed by atoms with Crippen molar-refractivity contribution in [2.75, 3.05) is 5.32 Å². The third kappa shape index (κ3) is 2.98. The molecule has 0 unspecified atom stereocenters. The summed E-state index contributed by atoms with van der Waals surface area (Å²) in [5, 5.41) is 11.7. The van der Waals surface area contributed by atoms with Crippen LogP contribution in [0.5, 0.6) is 0 Å². The van der Waals surface area contributed by atoms with Gasteiger partial charge in [-0.05, 0) is 19.1 Å². The van der Waals surface area contributed by atoms with Crippen molar-refractivity contribution in [3.8, 4) is 6.07 Å². The molecule has 0 radical (unpaired) electrons. The predicted molar refractivity (Wildman–Crippen MR) is 63.0 cm³/mol. The van der Waals surface area contributed by atoms with Gasteiger partial charge in [0.15, 0.2) is 0 Å². The van der Waals surface area contributed by atoms with Crippen LogP contribution >= 0.6 is 0 Å². The molecule has 0 aliphatic carbocycles. The highest BCUT2D eigenvalue weighted by atomic mass is 15.0. The Morgan fingerprint density at radius 3 is 2.65 bits per heavy atom. The molecule has 17 heavy (non-hydrogen) atoms. The molecule has 5 heteroatoms. The second-order valence-electron chi connectivity index (χ2n) is 3.55. The van der Waals surface area contributed by atoms with Gasteiger partial charge in [0.1, 0.15) is 11.9 Å². The molecule has 0 aromatic carbocycles. The molecular weight excluding hydrogens is 214 g/mol. The number of pyridine rings is 1. The number of aromatic nitrogens is 3. The topological polar surface area (TPSA) is 74.5 Å². The summed E-state index contributed by atoms with van der Waals surface area (Å²) >= 11 is 0. The first-order chi connectivity index (χ1) is 8.28. The lowest BCUT2D eigenvalue weighted by Crippen LogP contribution is -2.03. The van der Waals surface area contributed by atoms with Gasteiger partial charge in [0.05, 0.1) is 29.7 Å². The Balaban J connectivity index is 1.98. The summed E-state index contributed by atoms with van der Waals surface area (Å²) in [6.45, 7) is 2.46. The van der Waals surface area contributed by atoms with Crippen molar-refractivity contribution < 1.29 is 0 Å². The van der Waals surface area contributed by atoms with Crippen molar-refractivity contribution in [3.05, 3.63) is 47.7 Å². The molecule has 0 fully saturated rings. The van der Waals surface area contributed by atoms with Gasteiger partial charge >= 0.3 is 0 Å². The molecule has 2 heterocycles. The van der Waals surface area contributed by atoms with Crippen LogP contribution in [0.15, 0.2) is 30.7 Å². The van der Waals surface area contributed by atoms with Gasteiger partial charge < -0.3 is 5.32 Å². The lowest BCUT2D eigenvalue weighted by atomic mass is 10.3. The highest BCUT2D eigenvalue weighted by Gasteiger charge is 1.97. The number of nitriles is 1. The highest BCUT2D eigenvalue weighted by Crippen LogP contribution is 2.05. The molecule has 0 bridgehead atoms. The van der Waals surface area contributed by atoms with Crippen LogP contribution in [0.1, 0.15) is 17.0 Å². The van der Waals surface area contributed by atoms with Gasteiger partial charge in [-0.15, -0.1) is 0 Å². The molecule has 0 aliphatic heterocycles. The molecule has 84 valence electrons. The van der Waals surface area contributed by atoms with Gasteiger partial charge in [-0.2, -0.15) is 5.26 Å². The average Bonchev–Trinajstić information content (AvgIpc) is 2.39. The Labute approximate surface area is 99.2 Å². The monoisotopic (exact) mass is 225 g/mol. The Morgan fingerprint density at radius 1 is 1.18 bits per heavy atom. The lowest BCUT2D eigenvalue weighted by molar-refractivity contribution is 0.976. The number of nitrogens with one attached hydrogen (secondary N) is 1. The second-order valence-corrected chi connectivity index (χ2v) is 3.55. The Hall–Kier alpha value is -2.48. The first kappa shape index (κ1) is 11.0. The van der Waals surface area contributed by atoms with E-state index in [1.165, 1.54) is 6.20 Å². The van der Waals surface area contributed by atoms with E-state index in [2.05, 4.69) is 20.3 Å². The molecule has 2 aromatic heterocycles. The van der Waals surface area contributed by atoms with Crippen LogP contribution in [0.2, 0.25) is 0 Å². The van der Waals surface area contributed by atoms with E-state index in [0.717, 1.165) is 11.4 Å². The molecule has 2 rings (SSSR count). The van der Waals surface area contributed by atoms with Crippen LogP contribution in [-0.2, 0) is 6.54 Å². The van der Waals surface area contributed by atoms with Crippen LogP contribution in [-0.4, -0.2) is 15.0 Å². The average molecular weight is 225 g/mol. The maximum atomic E-state index is 8.63. The van der Waals surface area contributed by atoms with Crippen molar-refractivity contribution in [1.82, 2.24) is 15.0 Å². The normalized spacial score (nSPS) is 9.65. The van der Waals surface area contributed by atoms with Gasteiger partial charge in [-0.3, -0.25) is 9.97 Å². The van der Waals surface area contributed by atoms with Crippen molar-refractivity contribution in [3.63, 3.8) is 0 Å². The van der Waals surface area contributed by atoms with Crippen molar-refractivity contribution in [1.29, 1.82) is 5.26 Å². The maximum absolute atomic E-state index is 8.63. The summed E-state index contributed by atoms with van der Waals surface area (Å²) < 4.78 is 0. The fourth-order valence-corrected chi connectivity index (χ4v) is 1.26. The number of rotatable bonds is 3. The van der Waals surface area contributed by atoms with Gasteiger partial charge in [0.2, 0.25) is 0 Å². The summed E-state index contributed by atoms with van der Waals surface area (Å²) in [5.41, 5.74) is 2.29. The standard InChI is InChI=1S/C12H11N5/c1-9-5-15-11(7-14-9)8-17-12-3-2-10(4-13)6-16-12/h2-3,5-7H,8H2,1H3,(H,16,17). The van der Waals surface area contributed by atoms with Crippen LogP contribution in [0.4, 0.5) is 5.82 Å². The molecule has 2 aromatic rings. The SMILES string of the molecule is Cc1cnc(CNc2ccc(C#N)cn2)cn1. The zero-order chi connectivity index (χ0) is 12.1. The van der Waals surface area contributed by atoms with Crippen molar-refractivity contribution in [2.24, 2.45) is 0 Å². The second kappa shape index (κ2) is 5.03. The molecule has 5 nitrogen and oxygen atoms in total. The van der Waals surface area contributed by atoms with Gasteiger partial charge in [-0.25, -0.2) is 4.98 Å². The van der Waals surface area contributed by atoms with E-state index >= 15 is 0 Å². The number of nitrogens with zero attached hydrogens (tertiary/aromatic N) is 4. The number of hydrogen-bond acceptors (Lipinski definition) is 5. The van der Waals surface area contributed by atoms with E-state index < -0.39 is 0 Å². The summed E-state index contributed by atoms with van der Waals surface area (Å²) in [6, 6.07) is 5.50. The van der Waals surface area contributed by atoms with Gasteiger partial charge in [-0.1, -0.05) is 0 Å². The number of aryl methyl sites for hydroxylation is 1. The van der Waals surface area contributed by atoms with Gasteiger partial charge in [0.25, 0.3) is 0 Å². The van der Waals surface area contributed by atoms with E-state index in [1.807, 2.05) is 13.0 Å². The molecule has 0 spiro atoms. The molecule has 0 atom stereocenters. The van der Waals surface area contributed by atoms with E-state index in [0.29, 0.717) is 17.9 Å².